The van der Waals surface area contributed by atoms with Gasteiger partial charge in [-0.3, -0.25) is 9.69 Å². The molecule has 1 saturated heterocycles. The minimum absolute atomic E-state index is 0.0190. The first-order valence-electron chi connectivity index (χ1n) is 10.7. The Labute approximate surface area is 187 Å². The molecule has 8 heteroatoms. The van der Waals surface area contributed by atoms with Crippen LogP contribution in [-0.4, -0.2) is 65.7 Å². The number of hydrogen-bond acceptors (Lipinski definition) is 7. The molecule has 168 valence electrons. The number of ether oxygens (including phenoxy) is 2. The summed E-state index contributed by atoms with van der Waals surface area (Å²) in [5.41, 5.74) is 2.12. The topological polar surface area (TPSA) is 80.9 Å². The maximum atomic E-state index is 12.5. The fourth-order valence-electron chi connectivity index (χ4n) is 3.65. The van der Waals surface area contributed by atoms with Gasteiger partial charge in [0.05, 0.1) is 13.2 Å². The Kier molecular flexibility index (Phi) is 6.70. The van der Waals surface area contributed by atoms with Crippen LogP contribution in [0.3, 0.4) is 0 Å². The van der Waals surface area contributed by atoms with Crippen LogP contribution < -0.4 is 9.47 Å². The summed E-state index contributed by atoms with van der Waals surface area (Å²) in [5.74, 6) is 2.56. The fraction of sp³-hybridized carbons (Fsp3) is 0.375. The van der Waals surface area contributed by atoms with E-state index in [2.05, 4.69) is 22.0 Å². The van der Waals surface area contributed by atoms with Crippen LogP contribution in [0.25, 0.3) is 11.4 Å². The summed E-state index contributed by atoms with van der Waals surface area (Å²) in [7, 11) is 1.61. The highest BCUT2D eigenvalue weighted by Crippen LogP contribution is 2.24. The van der Waals surface area contributed by atoms with E-state index < -0.39 is 0 Å². The second-order valence-corrected chi connectivity index (χ2v) is 7.88. The van der Waals surface area contributed by atoms with Crippen molar-refractivity contribution in [1.82, 2.24) is 19.9 Å². The monoisotopic (exact) mass is 436 g/mol. The third kappa shape index (κ3) is 5.08. The quantitative estimate of drug-likeness (QED) is 0.562. The van der Waals surface area contributed by atoms with Crippen LogP contribution in [0.5, 0.6) is 11.5 Å². The van der Waals surface area contributed by atoms with Crippen molar-refractivity contribution in [2.75, 3.05) is 39.9 Å². The van der Waals surface area contributed by atoms with Gasteiger partial charge in [0.1, 0.15) is 11.5 Å². The largest absolute Gasteiger partial charge is 0.497 e. The van der Waals surface area contributed by atoms with E-state index in [0.717, 1.165) is 24.4 Å². The zero-order chi connectivity index (χ0) is 22.5. The van der Waals surface area contributed by atoms with Crippen molar-refractivity contribution >= 4 is 5.91 Å². The van der Waals surface area contributed by atoms with E-state index in [0.29, 0.717) is 30.6 Å². The Bertz CT molecular complexity index is 1020. The van der Waals surface area contributed by atoms with Crippen LogP contribution in [0.2, 0.25) is 0 Å². The number of carbonyl (C=O) groups excluding carboxylic acids is 1. The molecule has 0 aliphatic carbocycles. The van der Waals surface area contributed by atoms with Gasteiger partial charge in [0.2, 0.25) is 11.7 Å². The molecular weight excluding hydrogens is 408 g/mol. The molecule has 0 bridgehead atoms. The first-order chi connectivity index (χ1) is 15.5. The van der Waals surface area contributed by atoms with E-state index in [4.69, 9.17) is 14.0 Å². The van der Waals surface area contributed by atoms with Crippen LogP contribution >= 0.6 is 0 Å². The number of rotatable bonds is 7. The predicted molar refractivity (Wildman–Crippen MR) is 120 cm³/mol. The number of methoxy groups -OCH3 is 1. The molecule has 1 aromatic heterocycles. The lowest BCUT2D eigenvalue weighted by Crippen LogP contribution is -2.50. The molecular formula is C24H28N4O4. The normalized spacial score (nSPS) is 15.4. The van der Waals surface area contributed by atoms with Gasteiger partial charge in [-0.25, -0.2) is 0 Å². The molecule has 3 aromatic rings. The SMILES string of the molecule is COc1ccc(OCC(=O)N2CCN([C@H](C)c3nc(-c4ccc(C)cc4)no3)CC2)cc1. The number of hydrogen-bond donors (Lipinski definition) is 0. The molecule has 1 aliphatic heterocycles. The number of nitrogens with zero attached hydrogens (tertiary/aromatic N) is 4. The molecule has 1 amide bonds. The smallest absolute Gasteiger partial charge is 0.260 e. The Hall–Kier alpha value is -3.39. The van der Waals surface area contributed by atoms with Crippen molar-refractivity contribution in [3.05, 3.63) is 60.0 Å². The zero-order valence-corrected chi connectivity index (χ0v) is 18.7. The predicted octanol–water partition coefficient (Wildman–Crippen LogP) is 3.34. The maximum Gasteiger partial charge on any atom is 0.260 e. The summed E-state index contributed by atoms with van der Waals surface area (Å²) >= 11 is 0. The van der Waals surface area contributed by atoms with Crippen molar-refractivity contribution in [2.45, 2.75) is 19.9 Å². The number of piperazine rings is 1. The lowest BCUT2D eigenvalue weighted by Gasteiger charge is -2.36. The fourth-order valence-corrected chi connectivity index (χ4v) is 3.65. The summed E-state index contributed by atoms with van der Waals surface area (Å²) in [6, 6.07) is 15.2. The molecule has 32 heavy (non-hydrogen) atoms. The van der Waals surface area contributed by atoms with Gasteiger partial charge in [-0.2, -0.15) is 4.98 Å². The molecule has 0 spiro atoms. The molecule has 1 fully saturated rings. The molecule has 4 rings (SSSR count). The highest BCUT2D eigenvalue weighted by Gasteiger charge is 2.28. The van der Waals surface area contributed by atoms with Crippen LogP contribution in [0.15, 0.2) is 53.1 Å². The van der Waals surface area contributed by atoms with Gasteiger partial charge in [0.25, 0.3) is 5.91 Å². The van der Waals surface area contributed by atoms with E-state index in [1.807, 2.05) is 48.2 Å². The van der Waals surface area contributed by atoms with Gasteiger partial charge >= 0.3 is 0 Å². The van der Waals surface area contributed by atoms with Crippen LogP contribution in [0.1, 0.15) is 24.4 Å². The molecule has 1 atom stereocenters. The van der Waals surface area contributed by atoms with Crippen molar-refractivity contribution in [2.24, 2.45) is 0 Å². The summed E-state index contributed by atoms with van der Waals surface area (Å²) in [5, 5.41) is 4.14. The average molecular weight is 437 g/mol. The van der Waals surface area contributed by atoms with Gasteiger partial charge < -0.3 is 18.9 Å². The summed E-state index contributed by atoms with van der Waals surface area (Å²) in [6.07, 6.45) is 0. The summed E-state index contributed by atoms with van der Waals surface area (Å²) in [4.78, 5) is 21.2. The highest BCUT2D eigenvalue weighted by atomic mass is 16.5. The standard InChI is InChI=1S/C24H28N4O4/c1-17-4-6-19(7-5-17)23-25-24(32-26-23)18(2)27-12-14-28(15-13-27)22(29)16-31-21-10-8-20(30-3)9-11-21/h4-11,18H,12-16H2,1-3H3/t18-/m1/s1. The van der Waals surface area contributed by atoms with E-state index in [-0.39, 0.29) is 18.6 Å². The molecule has 8 nitrogen and oxygen atoms in total. The summed E-state index contributed by atoms with van der Waals surface area (Å²) < 4.78 is 16.3. The van der Waals surface area contributed by atoms with Crippen molar-refractivity contribution in [3.63, 3.8) is 0 Å². The molecule has 0 N–H and O–H groups in total. The van der Waals surface area contributed by atoms with E-state index in [9.17, 15) is 4.79 Å². The zero-order valence-electron chi connectivity index (χ0n) is 18.7. The van der Waals surface area contributed by atoms with Crippen LogP contribution in [-0.2, 0) is 4.79 Å². The first kappa shape index (κ1) is 21.8. The van der Waals surface area contributed by atoms with Crippen molar-refractivity contribution in [1.29, 1.82) is 0 Å². The van der Waals surface area contributed by atoms with Gasteiger partial charge in [0, 0.05) is 31.7 Å². The lowest BCUT2D eigenvalue weighted by atomic mass is 10.1. The number of amides is 1. The molecule has 0 saturated carbocycles. The second-order valence-electron chi connectivity index (χ2n) is 7.88. The van der Waals surface area contributed by atoms with Crippen molar-refractivity contribution in [3.8, 4) is 22.9 Å². The Balaban J connectivity index is 1.27. The molecule has 1 aliphatic rings. The lowest BCUT2D eigenvalue weighted by molar-refractivity contribution is -0.135. The van der Waals surface area contributed by atoms with Crippen molar-refractivity contribution < 1.29 is 18.8 Å². The van der Waals surface area contributed by atoms with E-state index in [1.54, 1.807) is 19.2 Å². The van der Waals surface area contributed by atoms with Crippen LogP contribution in [0, 0.1) is 6.92 Å². The third-order valence-electron chi connectivity index (χ3n) is 5.75. The van der Waals surface area contributed by atoms with E-state index in [1.165, 1.54) is 5.56 Å². The van der Waals surface area contributed by atoms with Crippen LogP contribution in [0.4, 0.5) is 0 Å². The first-order valence-corrected chi connectivity index (χ1v) is 10.7. The molecule has 0 unspecified atom stereocenters. The molecule has 2 heterocycles. The number of carbonyl (C=O) groups is 1. The number of aromatic nitrogens is 2. The summed E-state index contributed by atoms with van der Waals surface area (Å²) in [6.45, 7) is 6.85. The maximum absolute atomic E-state index is 12.5. The third-order valence-corrected chi connectivity index (χ3v) is 5.75. The molecule has 0 radical (unpaired) electrons. The molecule has 2 aromatic carbocycles. The average Bonchev–Trinajstić information content (AvgIpc) is 3.33. The minimum atomic E-state index is -0.0208. The van der Waals surface area contributed by atoms with Gasteiger partial charge in [-0.1, -0.05) is 35.0 Å². The van der Waals surface area contributed by atoms with Gasteiger partial charge in [0.15, 0.2) is 6.61 Å². The Morgan fingerprint density at radius 2 is 1.69 bits per heavy atom. The van der Waals surface area contributed by atoms with Gasteiger partial charge in [-0.05, 0) is 38.1 Å². The highest BCUT2D eigenvalue weighted by molar-refractivity contribution is 5.77. The Morgan fingerprint density at radius 1 is 1.03 bits per heavy atom. The van der Waals surface area contributed by atoms with Gasteiger partial charge in [-0.15, -0.1) is 0 Å². The second kappa shape index (κ2) is 9.82. The Morgan fingerprint density at radius 3 is 2.34 bits per heavy atom. The number of aryl methyl sites for hydroxylation is 1. The number of benzene rings is 2. The van der Waals surface area contributed by atoms with E-state index >= 15 is 0 Å². The minimum Gasteiger partial charge on any atom is -0.497 e.